The van der Waals surface area contributed by atoms with Crippen LogP contribution in [0.3, 0.4) is 0 Å². The number of hydrogen-bond donors (Lipinski definition) is 0. The molecule has 1 amide bonds. The summed E-state index contributed by atoms with van der Waals surface area (Å²) in [7, 11) is 0. The Morgan fingerprint density at radius 1 is 1.29 bits per heavy atom. The molecule has 1 aliphatic heterocycles. The zero-order valence-corrected chi connectivity index (χ0v) is 15.9. The van der Waals surface area contributed by atoms with Gasteiger partial charge < -0.3 is 4.42 Å². The Balaban J connectivity index is 1.88. The molecule has 0 bridgehead atoms. The Bertz CT molecular complexity index is 845. The number of amides is 1. The van der Waals surface area contributed by atoms with Crippen molar-refractivity contribution >= 4 is 63.5 Å². The lowest BCUT2D eigenvalue weighted by Gasteiger charge is -2.11. The minimum atomic E-state index is -0.0782. The highest BCUT2D eigenvalue weighted by Crippen LogP contribution is 2.35. The fraction of sp³-hybridized carbons (Fsp3) is 0.176. The predicted octanol–water partition coefficient (Wildman–Crippen LogP) is 5.86. The third kappa shape index (κ3) is 3.54. The summed E-state index contributed by atoms with van der Waals surface area (Å²) >= 11 is 18.7. The van der Waals surface area contributed by atoms with E-state index in [-0.39, 0.29) is 5.91 Å². The fourth-order valence-electron chi connectivity index (χ4n) is 2.31. The SMILES string of the molecule is CCCN1C(=O)/C(=C\c2ccc(-c3cc(Cl)ccc3Cl)o2)SC1=S. The van der Waals surface area contributed by atoms with Gasteiger partial charge in [-0.05, 0) is 36.8 Å². The van der Waals surface area contributed by atoms with Gasteiger partial charge >= 0.3 is 0 Å². The van der Waals surface area contributed by atoms with Gasteiger partial charge in [0.15, 0.2) is 0 Å². The Labute approximate surface area is 159 Å². The normalized spacial score (nSPS) is 16.5. The summed E-state index contributed by atoms with van der Waals surface area (Å²) in [6, 6.07) is 8.77. The van der Waals surface area contributed by atoms with Gasteiger partial charge in [0.25, 0.3) is 5.91 Å². The molecule has 1 aromatic carbocycles. The number of rotatable bonds is 4. The molecule has 1 aromatic heterocycles. The van der Waals surface area contributed by atoms with Crippen LogP contribution in [0.1, 0.15) is 19.1 Å². The molecule has 0 unspecified atom stereocenters. The summed E-state index contributed by atoms with van der Waals surface area (Å²) in [5, 5.41) is 1.13. The standard InChI is InChI=1S/C17H13Cl2NO2S2/c1-2-7-20-16(21)15(24-17(20)23)9-11-4-6-14(22-11)12-8-10(18)3-5-13(12)19/h3-6,8-9H,2,7H2,1H3/b15-9+. The maximum atomic E-state index is 12.4. The van der Waals surface area contributed by atoms with Crippen LogP contribution in [0, 0.1) is 0 Å². The molecule has 0 N–H and O–H groups in total. The van der Waals surface area contributed by atoms with Gasteiger partial charge in [-0.3, -0.25) is 9.69 Å². The second kappa shape index (κ2) is 7.31. The molecule has 7 heteroatoms. The molecule has 0 saturated carbocycles. The van der Waals surface area contributed by atoms with Crippen LogP contribution in [-0.2, 0) is 4.79 Å². The first kappa shape index (κ1) is 17.5. The summed E-state index contributed by atoms with van der Waals surface area (Å²) in [6.07, 6.45) is 2.56. The predicted molar refractivity (Wildman–Crippen MR) is 104 cm³/mol. The summed E-state index contributed by atoms with van der Waals surface area (Å²) < 4.78 is 6.38. The first-order valence-electron chi connectivity index (χ1n) is 7.30. The number of thioether (sulfide) groups is 1. The number of hydrogen-bond acceptors (Lipinski definition) is 4. The van der Waals surface area contributed by atoms with Crippen molar-refractivity contribution in [3.05, 3.63) is 51.0 Å². The van der Waals surface area contributed by atoms with Crippen LogP contribution in [-0.4, -0.2) is 21.7 Å². The summed E-state index contributed by atoms with van der Waals surface area (Å²) in [5.74, 6) is 1.08. The van der Waals surface area contributed by atoms with Crippen molar-refractivity contribution in [2.75, 3.05) is 6.54 Å². The second-order valence-corrected chi connectivity index (χ2v) is 7.68. The number of halogens is 2. The van der Waals surface area contributed by atoms with Gasteiger partial charge in [-0.15, -0.1) is 0 Å². The van der Waals surface area contributed by atoms with Gasteiger partial charge in [0.05, 0.1) is 9.93 Å². The highest BCUT2D eigenvalue weighted by molar-refractivity contribution is 8.26. The van der Waals surface area contributed by atoms with E-state index in [1.165, 1.54) is 11.8 Å². The zero-order valence-electron chi connectivity index (χ0n) is 12.7. The minimum absolute atomic E-state index is 0.0782. The summed E-state index contributed by atoms with van der Waals surface area (Å²) in [4.78, 5) is 14.5. The van der Waals surface area contributed by atoms with Crippen LogP contribution in [0.5, 0.6) is 0 Å². The largest absolute Gasteiger partial charge is 0.457 e. The van der Waals surface area contributed by atoms with Gasteiger partial charge in [-0.25, -0.2) is 0 Å². The zero-order chi connectivity index (χ0) is 17.3. The first-order valence-corrected chi connectivity index (χ1v) is 9.28. The molecular weight excluding hydrogens is 385 g/mol. The van der Waals surface area contributed by atoms with E-state index >= 15 is 0 Å². The van der Waals surface area contributed by atoms with Crippen LogP contribution >= 0.6 is 47.2 Å². The van der Waals surface area contributed by atoms with Gasteiger partial charge in [-0.2, -0.15) is 0 Å². The van der Waals surface area contributed by atoms with Gasteiger partial charge in [0.1, 0.15) is 15.8 Å². The molecule has 0 radical (unpaired) electrons. The topological polar surface area (TPSA) is 33.5 Å². The van der Waals surface area contributed by atoms with E-state index in [2.05, 4.69) is 0 Å². The molecule has 24 heavy (non-hydrogen) atoms. The average Bonchev–Trinajstić information content (AvgIpc) is 3.11. The first-order chi connectivity index (χ1) is 11.5. The van der Waals surface area contributed by atoms with Crippen molar-refractivity contribution in [1.29, 1.82) is 0 Å². The van der Waals surface area contributed by atoms with Gasteiger partial charge in [0.2, 0.25) is 0 Å². The maximum absolute atomic E-state index is 12.4. The van der Waals surface area contributed by atoms with Crippen molar-refractivity contribution < 1.29 is 9.21 Å². The number of benzene rings is 1. The minimum Gasteiger partial charge on any atom is -0.457 e. The molecule has 1 saturated heterocycles. The number of furan rings is 1. The molecule has 2 aromatic rings. The van der Waals surface area contributed by atoms with Crippen molar-refractivity contribution in [2.45, 2.75) is 13.3 Å². The molecule has 3 nitrogen and oxygen atoms in total. The Morgan fingerprint density at radius 3 is 2.83 bits per heavy atom. The van der Waals surface area contributed by atoms with Crippen LogP contribution in [0.2, 0.25) is 10.0 Å². The third-order valence-electron chi connectivity index (χ3n) is 3.41. The molecule has 0 aliphatic carbocycles. The van der Waals surface area contributed by atoms with E-state index in [4.69, 9.17) is 39.8 Å². The molecule has 1 fully saturated rings. The van der Waals surface area contributed by atoms with E-state index in [1.807, 2.05) is 6.92 Å². The quantitative estimate of drug-likeness (QED) is 0.477. The number of nitrogens with zero attached hydrogens (tertiary/aromatic N) is 1. The lowest BCUT2D eigenvalue weighted by molar-refractivity contribution is -0.122. The lowest BCUT2D eigenvalue weighted by Crippen LogP contribution is -2.28. The highest BCUT2D eigenvalue weighted by atomic mass is 35.5. The summed E-state index contributed by atoms with van der Waals surface area (Å²) in [5.41, 5.74) is 0.711. The number of carbonyl (C=O) groups excluding carboxylic acids is 1. The maximum Gasteiger partial charge on any atom is 0.266 e. The lowest BCUT2D eigenvalue weighted by atomic mass is 10.2. The van der Waals surface area contributed by atoms with Crippen molar-refractivity contribution in [1.82, 2.24) is 4.90 Å². The summed E-state index contributed by atoms with van der Waals surface area (Å²) in [6.45, 7) is 2.64. The average molecular weight is 398 g/mol. The van der Waals surface area contributed by atoms with Crippen LogP contribution in [0.4, 0.5) is 0 Å². The molecular formula is C17H13Cl2NO2S2. The molecule has 1 aliphatic rings. The van der Waals surface area contributed by atoms with Crippen molar-refractivity contribution in [2.24, 2.45) is 0 Å². The van der Waals surface area contributed by atoms with Gasteiger partial charge in [-0.1, -0.05) is 54.1 Å². The van der Waals surface area contributed by atoms with E-state index in [0.29, 0.717) is 42.9 Å². The van der Waals surface area contributed by atoms with Gasteiger partial charge in [0, 0.05) is 23.2 Å². The Morgan fingerprint density at radius 2 is 2.08 bits per heavy atom. The van der Waals surface area contributed by atoms with E-state index in [9.17, 15) is 4.79 Å². The monoisotopic (exact) mass is 397 g/mol. The molecule has 3 rings (SSSR count). The van der Waals surface area contributed by atoms with Crippen LogP contribution < -0.4 is 0 Å². The molecule has 2 heterocycles. The third-order valence-corrected chi connectivity index (χ3v) is 5.36. The Kier molecular flexibility index (Phi) is 5.35. The molecule has 0 atom stereocenters. The Hall–Kier alpha value is -1.27. The van der Waals surface area contributed by atoms with Crippen LogP contribution in [0.15, 0.2) is 39.7 Å². The van der Waals surface area contributed by atoms with E-state index in [0.717, 1.165) is 6.42 Å². The number of thiocarbonyl (C=S) groups is 1. The van der Waals surface area contributed by atoms with Crippen LogP contribution in [0.25, 0.3) is 17.4 Å². The highest BCUT2D eigenvalue weighted by Gasteiger charge is 2.31. The molecule has 124 valence electrons. The van der Waals surface area contributed by atoms with Crippen molar-refractivity contribution in [3.8, 4) is 11.3 Å². The fourth-order valence-corrected chi connectivity index (χ4v) is 3.98. The number of carbonyl (C=O) groups is 1. The molecule has 0 spiro atoms. The van der Waals surface area contributed by atoms with Crippen molar-refractivity contribution in [3.63, 3.8) is 0 Å². The van der Waals surface area contributed by atoms with E-state index in [1.54, 1.807) is 41.3 Å². The van der Waals surface area contributed by atoms with E-state index < -0.39 is 0 Å². The smallest absolute Gasteiger partial charge is 0.266 e. The second-order valence-electron chi connectivity index (χ2n) is 5.16.